The lowest BCUT2D eigenvalue weighted by Gasteiger charge is -2.26. The summed E-state index contributed by atoms with van der Waals surface area (Å²) in [4.78, 5) is 27.8. The van der Waals surface area contributed by atoms with Gasteiger partial charge in [0.1, 0.15) is 5.78 Å². The molecule has 22 heavy (non-hydrogen) atoms. The maximum Gasteiger partial charge on any atom is 0.227 e. The lowest BCUT2D eigenvalue weighted by Crippen LogP contribution is -2.29. The van der Waals surface area contributed by atoms with Gasteiger partial charge in [0.25, 0.3) is 0 Å². The van der Waals surface area contributed by atoms with Crippen LogP contribution in [-0.2, 0) is 16.1 Å². The van der Waals surface area contributed by atoms with Crippen molar-refractivity contribution in [3.8, 4) is 0 Å². The molecule has 2 aliphatic rings. The largest absolute Gasteiger partial charge is 0.312 e. The molecule has 1 amide bonds. The summed E-state index contributed by atoms with van der Waals surface area (Å²) in [6, 6.07) is 8.25. The summed E-state index contributed by atoms with van der Waals surface area (Å²) < 4.78 is 0. The van der Waals surface area contributed by atoms with Crippen LogP contribution in [0.2, 0.25) is 0 Å². The first-order valence-electron chi connectivity index (χ1n) is 8.25. The van der Waals surface area contributed by atoms with Gasteiger partial charge in [-0.25, -0.2) is 0 Å². The number of likely N-dealkylation sites (tertiary alicyclic amines) is 1. The topological polar surface area (TPSA) is 40.6 Å². The summed E-state index contributed by atoms with van der Waals surface area (Å²) in [5.41, 5.74) is 2.21. The predicted octanol–water partition coefficient (Wildman–Crippen LogP) is 2.61. The van der Waals surface area contributed by atoms with Crippen molar-refractivity contribution in [1.29, 1.82) is 0 Å². The molecule has 2 fully saturated rings. The van der Waals surface area contributed by atoms with E-state index >= 15 is 0 Å². The van der Waals surface area contributed by atoms with Gasteiger partial charge in [-0.05, 0) is 50.6 Å². The van der Waals surface area contributed by atoms with Crippen LogP contribution >= 0.6 is 0 Å². The number of carbonyl (C=O) groups is 2. The quantitative estimate of drug-likeness (QED) is 0.858. The zero-order valence-electron chi connectivity index (χ0n) is 13.3. The Balaban J connectivity index is 1.64. The van der Waals surface area contributed by atoms with E-state index in [1.54, 1.807) is 11.8 Å². The van der Waals surface area contributed by atoms with Gasteiger partial charge >= 0.3 is 0 Å². The molecule has 4 heteroatoms. The molecule has 2 heterocycles. The molecule has 2 aliphatic heterocycles. The van der Waals surface area contributed by atoms with Crippen molar-refractivity contribution in [2.24, 2.45) is 5.92 Å². The van der Waals surface area contributed by atoms with E-state index in [2.05, 4.69) is 17.0 Å². The molecule has 0 aromatic heterocycles. The van der Waals surface area contributed by atoms with E-state index in [0.717, 1.165) is 12.2 Å². The van der Waals surface area contributed by atoms with Gasteiger partial charge in [-0.2, -0.15) is 0 Å². The first-order valence-corrected chi connectivity index (χ1v) is 8.25. The molecule has 0 radical (unpaired) electrons. The number of rotatable bonds is 4. The van der Waals surface area contributed by atoms with Crippen molar-refractivity contribution < 1.29 is 9.59 Å². The van der Waals surface area contributed by atoms with E-state index in [1.165, 1.54) is 37.9 Å². The monoisotopic (exact) mass is 300 g/mol. The first kappa shape index (κ1) is 15.2. The molecule has 0 saturated carbocycles. The standard InChI is InChI=1S/C18H24N2O2/c1-14(21)16-11-18(22)20(13-16)17-7-5-15(6-8-17)12-19-9-3-2-4-10-19/h5-8,16H,2-4,9-13H2,1H3. The zero-order chi connectivity index (χ0) is 15.5. The van der Waals surface area contributed by atoms with Crippen molar-refractivity contribution in [2.45, 2.75) is 39.2 Å². The first-order chi connectivity index (χ1) is 10.6. The lowest BCUT2D eigenvalue weighted by molar-refractivity contribution is -0.123. The Morgan fingerprint density at radius 3 is 2.41 bits per heavy atom. The fraction of sp³-hybridized carbons (Fsp3) is 0.556. The fourth-order valence-electron chi connectivity index (χ4n) is 3.39. The molecule has 1 aromatic rings. The number of benzene rings is 1. The third-order valence-electron chi connectivity index (χ3n) is 4.80. The van der Waals surface area contributed by atoms with Crippen molar-refractivity contribution >= 4 is 17.4 Å². The molecule has 1 aromatic carbocycles. The van der Waals surface area contributed by atoms with Crippen LogP contribution in [0.4, 0.5) is 5.69 Å². The van der Waals surface area contributed by atoms with Gasteiger partial charge in [-0.1, -0.05) is 18.6 Å². The average molecular weight is 300 g/mol. The van der Waals surface area contributed by atoms with Gasteiger partial charge in [-0.15, -0.1) is 0 Å². The second kappa shape index (κ2) is 6.61. The van der Waals surface area contributed by atoms with Crippen LogP contribution in [0.1, 0.15) is 38.2 Å². The maximum atomic E-state index is 12.1. The Morgan fingerprint density at radius 1 is 1.14 bits per heavy atom. The SMILES string of the molecule is CC(=O)C1CC(=O)N(c2ccc(CN3CCCCC3)cc2)C1. The molecule has 3 rings (SSSR count). The molecule has 0 N–H and O–H groups in total. The highest BCUT2D eigenvalue weighted by Crippen LogP contribution is 2.26. The number of anilines is 1. The predicted molar refractivity (Wildman–Crippen MR) is 86.7 cm³/mol. The Kier molecular flexibility index (Phi) is 4.57. The van der Waals surface area contributed by atoms with Crippen LogP contribution in [-0.4, -0.2) is 36.2 Å². The van der Waals surface area contributed by atoms with Gasteiger partial charge in [0, 0.05) is 31.1 Å². The minimum Gasteiger partial charge on any atom is -0.312 e. The Bertz CT molecular complexity index is 547. The summed E-state index contributed by atoms with van der Waals surface area (Å²) >= 11 is 0. The van der Waals surface area contributed by atoms with Gasteiger partial charge in [0.15, 0.2) is 0 Å². The minimum absolute atomic E-state index is 0.0592. The summed E-state index contributed by atoms with van der Waals surface area (Å²) in [7, 11) is 0. The summed E-state index contributed by atoms with van der Waals surface area (Å²) in [5, 5.41) is 0. The smallest absolute Gasteiger partial charge is 0.227 e. The van der Waals surface area contributed by atoms with Gasteiger partial charge < -0.3 is 4.90 Å². The third kappa shape index (κ3) is 3.38. The summed E-state index contributed by atoms with van der Waals surface area (Å²) in [6.07, 6.45) is 4.30. The summed E-state index contributed by atoms with van der Waals surface area (Å²) in [5.74, 6) is 0.0297. The number of hydrogen-bond donors (Lipinski definition) is 0. The zero-order valence-corrected chi connectivity index (χ0v) is 13.3. The molecular weight excluding hydrogens is 276 g/mol. The highest BCUT2D eigenvalue weighted by Gasteiger charge is 2.33. The van der Waals surface area contributed by atoms with Crippen molar-refractivity contribution in [3.63, 3.8) is 0 Å². The molecule has 118 valence electrons. The average Bonchev–Trinajstić information content (AvgIpc) is 2.91. The van der Waals surface area contributed by atoms with Crippen LogP contribution in [0.5, 0.6) is 0 Å². The van der Waals surface area contributed by atoms with Crippen LogP contribution < -0.4 is 4.90 Å². The fourth-order valence-corrected chi connectivity index (χ4v) is 3.39. The minimum atomic E-state index is -0.138. The number of nitrogens with zero attached hydrogens (tertiary/aromatic N) is 2. The molecule has 2 saturated heterocycles. The normalized spacial score (nSPS) is 23.0. The van der Waals surface area contributed by atoms with Crippen LogP contribution in [0.15, 0.2) is 24.3 Å². The van der Waals surface area contributed by atoms with Gasteiger partial charge in [0.2, 0.25) is 5.91 Å². The lowest BCUT2D eigenvalue weighted by atomic mass is 10.1. The Morgan fingerprint density at radius 2 is 1.82 bits per heavy atom. The number of piperidine rings is 1. The second-order valence-electron chi connectivity index (χ2n) is 6.52. The highest BCUT2D eigenvalue weighted by atomic mass is 16.2. The number of amides is 1. The van der Waals surface area contributed by atoms with Gasteiger partial charge in [-0.3, -0.25) is 14.5 Å². The van der Waals surface area contributed by atoms with Gasteiger partial charge in [0.05, 0.1) is 0 Å². The molecule has 0 spiro atoms. The van der Waals surface area contributed by atoms with Crippen molar-refractivity contribution in [2.75, 3.05) is 24.5 Å². The molecule has 0 aliphatic carbocycles. The van der Waals surface area contributed by atoms with Crippen molar-refractivity contribution in [3.05, 3.63) is 29.8 Å². The van der Waals surface area contributed by atoms with E-state index in [0.29, 0.717) is 13.0 Å². The van der Waals surface area contributed by atoms with E-state index < -0.39 is 0 Å². The van der Waals surface area contributed by atoms with E-state index in [9.17, 15) is 9.59 Å². The van der Waals surface area contributed by atoms with Crippen LogP contribution in [0.3, 0.4) is 0 Å². The number of hydrogen-bond acceptors (Lipinski definition) is 3. The highest BCUT2D eigenvalue weighted by molar-refractivity contribution is 6.00. The van der Waals surface area contributed by atoms with E-state index in [1.807, 2.05) is 12.1 Å². The van der Waals surface area contributed by atoms with Crippen LogP contribution in [0.25, 0.3) is 0 Å². The molecule has 4 nitrogen and oxygen atoms in total. The van der Waals surface area contributed by atoms with E-state index in [-0.39, 0.29) is 17.6 Å². The molecule has 0 bridgehead atoms. The molecule has 1 atom stereocenters. The second-order valence-corrected chi connectivity index (χ2v) is 6.52. The number of Topliss-reactive ketones (excluding diaryl/α,β-unsaturated/α-hetero) is 1. The maximum absolute atomic E-state index is 12.1. The van der Waals surface area contributed by atoms with Crippen LogP contribution in [0, 0.1) is 5.92 Å². The number of ketones is 1. The van der Waals surface area contributed by atoms with E-state index in [4.69, 9.17) is 0 Å². The third-order valence-corrected chi connectivity index (χ3v) is 4.80. The molecular formula is C18H24N2O2. The Hall–Kier alpha value is -1.68. The molecule has 1 unspecified atom stereocenters. The summed E-state index contributed by atoms with van der Waals surface area (Å²) in [6.45, 7) is 5.46. The van der Waals surface area contributed by atoms with Crippen molar-refractivity contribution in [1.82, 2.24) is 4.90 Å². The Labute approximate surface area is 132 Å². The number of carbonyl (C=O) groups excluding carboxylic acids is 2.